The predicted molar refractivity (Wildman–Crippen MR) is 84.7 cm³/mol. The van der Waals surface area contributed by atoms with Crippen molar-refractivity contribution in [2.75, 3.05) is 11.5 Å². The van der Waals surface area contributed by atoms with Crippen molar-refractivity contribution < 1.29 is 4.79 Å². The lowest BCUT2D eigenvalue weighted by atomic mass is 10.1. The number of carbonyl (C=O) groups is 1. The lowest BCUT2D eigenvalue weighted by Crippen LogP contribution is -2.38. The summed E-state index contributed by atoms with van der Waals surface area (Å²) in [4.78, 5) is 12.1. The molecule has 0 radical (unpaired) electrons. The lowest BCUT2D eigenvalue weighted by Gasteiger charge is -2.22. The molecule has 1 saturated heterocycles. The number of hydrogen-bond acceptors (Lipinski definition) is 2. The minimum Gasteiger partial charge on any atom is -0.348 e. The molecular formula is C12H13BrINOS. The van der Waals surface area contributed by atoms with Crippen LogP contribution in [0.1, 0.15) is 23.2 Å². The number of carbonyl (C=O) groups excluding carboxylic acids is 1. The van der Waals surface area contributed by atoms with E-state index < -0.39 is 0 Å². The fourth-order valence-electron chi connectivity index (χ4n) is 1.79. The molecular weight excluding hydrogens is 413 g/mol. The van der Waals surface area contributed by atoms with Crippen LogP contribution in [-0.2, 0) is 0 Å². The van der Waals surface area contributed by atoms with E-state index in [0.717, 1.165) is 25.8 Å². The number of thioether (sulfide) groups is 1. The van der Waals surface area contributed by atoms with E-state index in [9.17, 15) is 4.79 Å². The molecule has 1 aromatic carbocycles. The number of halogens is 2. The van der Waals surface area contributed by atoms with E-state index in [0.29, 0.717) is 6.04 Å². The van der Waals surface area contributed by atoms with E-state index in [2.05, 4.69) is 43.8 Å². The molecule has 1 aromatic rings. The summed E-state index contributed by atoms with van der Waals surface area (Å²) in [6.45, 7) is 0. The normalized spacial score (nSPS) is 20.0. The Balaban J connectivity index is 2.05. The van der Waals surface area contributed by atoms with Gasteiger partial charge in [0.05, 0.1) is 5.56 Å². The highest BCUT2D eigenvalue weighted by molar-refractivity contribution is 14.1. The van der Waals surface area contributed by atoms with Crippen LogP contribution in [-0.4, -0.2) is 23.5 Å². The van der Waals surface area contributed by atoms with Crippen molar-refractivity contribution in [3.05, 3.63) is 31.8 Å². The zero-order chi connectivity index (χ0) is 12.3. The van der Waals surface area contributed by atoms with Gasteiger partial charge in [-0.05, 0) is 75.3 Å². The fraction of sp³-hybridized carbons (Fsp3) is 0.417. The third-order valence-corrected chi connectivity index (χ3v) is 5.25. The molecule has 5 heteroatoms. The third-order valence-electron chi connectivity index (χ3n) is 2.67. The molecule has 1 amide bonds. The number of rotatable bonds is 2. The molecule has 1 atom stereocenters. The molecule has 0 aromatic heterocycles. The largest absolute Gasteiger partial charge is 0.348 e. The Kier molecular flexibility index (Phi) is 5.17. The Labute approximate surface area is 128 Å². The number of hydrogen-bond donors (Lipinski definition) is 1. The average Bonchev–Trinajstić information content (AvgIpc) is 2.33. The molecule has 0 spiro atoms. The molecule has 1 heterocycles. The van der Waals surface area contributed by atoms with Gasteiger partial charge in [0.1, 0.15) is 0 Å². The van der Waals surface area contributed by atoms with Crippen molar-refractivity contribution in [2.45, 2.75) is 18.9 Å². The van der Waals surface area contributed by atoms with Gasteiger partial charge in [0.2, 0.25) is 0 Å². The third kappa shape index (κ3) is 3.86. The first kappa shape index (κ1) is 13.7. The number of benzene rings is 1. The van der Waals surface area contributed by atoms with E-state index in [-0.39, 0.29) is 5.91 Å². The van der Waals surface area contributed by atoms with Gasteiger partial charge >= 0.3 is 0 Å². The molecule has 1 aliphatic heterocycles. The van der Waals surface area contributed by atoms with Crippen LogP contribution < -0.4 is 5.32 Å². The van der Waals surface area contributed by atoms with Crippen LogP contribution in [0.3, 0.4) is 0 Å². The second-order valence-corrected chi connectivity index (χ2v) is 7.26. The molecule has 1 N–H and O–H groups in total. The van der Waals surface area contributed by atoms with E-state index in [1.807, 2.05) is 30.0 Å². The zero-order valence-corrected chi connectivity index (χ0v) is 13.8. The predicted octanol–water partition coefficient (Wildman–Crippen LogP) is 3.68. The monoisotopic (exact) mass is 425 g/mol. The maximum absolute atomic E-state index is 12.1. The van der Waals surface area contributed by atoms with Crippen LogP contribution in [0.4, 0.5) is 0 Å². The topological polar surface area (TPSA) is 29.1 Å². The summed E-state index contributed by atoms with van der Waals surface area (Å²) in [6.07, 6.45) is 2.30. The SMILES string of the molecule is O=C(NC1CCCSC1)c1cc(I)ccc1Br. The van der Waals surface area contributed by atoms with E-state index >= 15 is 0 Å². The standard InChI is InChI=1S/C12H13BrINOS/c13-11-4-3-8(14)6-10(11)12(16)15-9-2-1-5-17-7-9/h3-4,6,9H,1-2,5,7H2,(H,15,16). The smallest absolute Gasteiger partial charge is 0.252 e. The molecule has 1 unspecified atom stereocenters. The molecule has 2 rings (SSSR count). The van der Waals surface area contributed by atoms with Crippen molar-refractivity contribution in [3.8, 4) is 0 Å². The second-order valence-electron chi connectivity index (χ2n) is 4.01. The van der Waals surface area contributed by atoms with Gasteiger partial charge in [-0.2, -0.15) is 11.8 Å². The zero-order valence-electron chi connectivity index (χ0n) is 9.21. The molecule has 0 aliphatic carbocycles. The van der Waals surface area contributed by atoms with Gasteiger partial charge in [0, 0.05) is 19.8 Å². The van der Waals surface area contributed by atoms with Crippen LogP contribution >= 0.6 is 50.3 Å². The van der Waals surface area contributed by atoms with E-state index in [1.54, 1.807) is 0 Å². The molecule has 92 valence electrons. The van der Waals surface area contributed by atoms with Crippen LogP contribution in [0.15, 0.2) is 22.7 Å². The van der Waals surface area contributed by atoms with Gasteiger partial charge in [-0.15, -0.1) is 0 Å². The van der Waals surface area contributed by atoms with Crippen molar-refractivity contribution >= 4 is 56.2 Å². The summed E-state index contributed by atoms with van der Waals surface area (Å²) in [5, 5.41) is 3.11. The molecule has 1 fully saturated rings. The molecule has 17 heavy (non-hydrogen) atoms. The molecule has 1 aliphatic rings. The maximum atomic E-state index is 12.1. The Bertz CT molecular complexity index is 421. The summed E-state index contributed by atoms with van der Waals surface area (Å²) >= 11 is 7.57. The number of amides is 1. The fourth-order valence-corrected chi connectivity index (χ4v) is 3.78. The maximum Gasteiger partial charge on any atom is 0.252 e. The molecule has 0 saturated carbocycles. The van der Waals surface area contributed by atoms with Crippen LogP contribution in [0.5, 0.6) is 0 Å². The lowest BCUT2D eigenvalue weighted by molar-refractivity contribution is 0.0938. The Morgan fingerprint density at radius 1 is 1.53 bits per heavy atom. The summed E-state index contributed by atoms with van der Waals surface area (Å²) in [5.41, 5.74) is 0.729. The summed E-state index contributed by atoms with van der Waals surface area (Å²) < 4.78 is 1.94. The Morgan fingerprint density at radius 3 is 3.06 bits per heavy atom. The summed E-state index contributed by atoms with van der Waals surface area (Å²) in [7, 11) is 0. The minimum atomic E-state index is 0.0305. The van der Waals surface area contributed by atoms with Crippen LogP contribution in [0, 0.1) is 3.57 Å². The molecule has 0 bridgehead atoms. The molecule has 2 nitrogen and oxygen atoms in total. The highest BCUT2D eigenvalue weighted by atomic mass is 127. The van der Waals surface area contributed by atoms with E-state index in [4.69, 9.17) is 0 Å². The van der Waals surface area contributed by atoms with Crippen molar-refractivity contribution in [1.29, 1.82) is 0 Å². The van der Waals surface area contributed by atoms with Crippen molar-refractivity contribution in [3.63, 3.8) is 0 Å². The minimum absolute atomic E-state index is 0.0305. The first-order valence-electron chi connectivity index (χ1n) is 5.50. The van der Waals surface area contributed by atoms with E-state index in [1.165, 1.54) is 12.2 Å². The van der Waals surface area contributed by atoms with Gasteiger partial charge in [0.25, 0.3) is 5.91 Å². The highest BCUT2D eigenvalue weighted by Crippen LogP contribution is 2.21. The van der Waals surface area contributed by atoms with Gasteiger partial charge < -0.3 is 5.32 Å². The van der Waals surface area contributed by atoms with Gasteiger partial charge in [-0.25, -0.2) is 0 Å². The van der Waals surface area contributed by atoms with Crippen LogP contribution in [0.2, 0.25) is 0 Å². The van der Waals surface area contributed by atoms with Gasteiger partial charge in [0.15, 0.2) is 0 Å². The average molecular weight is 426 g/mol. The quantitative estimate of drug-likeness (QED) is 0.732. The Hall–Kier alpha value is 0.250. The van der Waals surface area contributed by atoms with Gasteiger partial charge in [-0.1, -0.05) is 0 Å². The summed E-state index contributed by atoms with van der Waals surface area (Å²) in [5.74, 6) is 2.29. The highest BCUT2D eigenvalue weighted by Gasteiger charge is 2.18. The summed E-state index contributed by atoms with van der Waals surface area (Å²) in [6, 6.07) is 6.14. The van der Waals surface area contributed by atoms with Crippen molar-refractivity contribution in [2.24, 2.45) is 0 Å². The van der Waals surface area contributed by atoms with Crippen LogP contribution in [0.25, 0.3) is 0 Å². The Morgan fingerprint density at radius 2 is 2.35 bits per heavy atom. The van der Waals surface area contributed by atoms with Crippen molar-refractivity contribution in [1.82, 2.24) is 5.32 Å². The number of nitrogens with one attached hydrogen (secondary N) is 1. The second kappa shape index (κ2) is 6.43. The van der Waals surface area contributed by atoms with Gasteiger partial charge in [-0.3, -0.25) is 4.79 Å². The first-order chi connectivity index (χ1) is 8.16. The first-order valence-corrected chi connectivity index (χ1v) is 8.53.